The van der Waals surface area contributed by atoms with Crippen molar-refractivity contribution >= 4 is 11.7 Å². The molecule has 21 heavy (non-hydrogen) atoms. The van der Waals surface area contributed by atoms with Crippen LogP contribution in [0.25, 0.3) is 0 Å². The van der Waals surface area contributed by atoms with Crippen molar-refractivity contribution in [3.05, 3.63) is 41.0 Å². The number of nitrogens with zero attached hydrogens (tertiary/aromatic N) is 2. The first-order chi connectivity index (χ1) is 10.1. The Hall–Kier alpha value is -2.37. The Balaban J connectivity index is 1.62. The topological polar surface area (TPSA) is 80.0 Å². The Morgan fingerprint density at radius 3 is 2.90 bits per heavy atom. The molecule has 0 radical (unpaired) electrons. The number of rotatable bonds is 4. The number of hydrogen-bond donors (Lipinski definition) is 2. The zero-order valence-corrected chi connectivity index (χ0v) is 12.1. The third-order valence-electron chi connectivity index (χ3n) is 3.63. The second kappa shape index (κ2) is 5.55. The number of aromatic nitrogens is 2. The normalized spacial score (nSPS) is 14.0. The van der Waals surface area contributed by atoms with Crippen LogP contribution in [0.4, 0.5) is 10.5 Å². The number of amides is 2. The van der Waals surface area contributed by atoms with Crippen LogP contribution in [0.1, 0.15) is 41.5 Å². The van der Waals surface area contributed by atoms with E-state index in [4.69, 9.17) is 4.52 Å². The van der Waals surface area contributed by atoms with Crippen molar-refractivity contribution in [2.45, 2.75) is 39.2 Å². The molecule has 1 fully saturated rings. The summed E-state index contributed by atoms with van der Waals surface area (Å²) in [5.74, 6) is 1.20. The molecule has 2 aromatic heterocycles. The summed E-state index contributed by atoms with van der Waals surface area (Å²) in [6, 6.07) is 3.55. The number of urea groups is 1. The summed E-state index contributed by atoms with van der Waals surface area (Å²) in [7, 11) is 0. The van der Waals surface area contributed by atoms with E-state index in [0.717, 1.165) is 29.9 Å². The lowest BCUT2D eigenvalue weighted by molar-refractivity contribution is 0.251. The number of aryl methyl sites for hydroxylation is 2. The van der Waals surface area contributed by atoms with Gasteiger partial charge in [0.25, 0.3) is 0 Å². The summed E-state index contributed by atoms with van der Waals surface area (Å²) in [6.07, 6.45) is 3.93. The van der Waals surface area contributed by atoms with E-state index >= 15 is 0 Å². The van der Waals surface area contributed by atoms with Gasteiger partial charge in [-0.25, -0.2) is 4.79 Å². The lowest BCUT2D eigenvalue weighted by atomic mass is 10.2. The number of hydrogen-bond acceptors (Lipinski definition) is 4. The molecule has 0 spiro atoms. The zero-order chi connectivity index (χ0) is 14.8. The van der Waals surface area contributed by atoms with Gasteiger partial charge in [-0.2, -0.15) is 0 Å². The third-order valence-corrected chi connectivity index (χ3v) is 3.63. The van der Waals surface area contributed by atoms with Crippen LogP contribution in [0.2, 0.25) is 0 Å². The van der Waals surface area contributed by atoms with Gasteiger partial charge in [-0.05, 0) is 38.3 Å². The predicted molar refractivity (Wildman–Crippen MR) is 78.0 cm³/mol. The largest absolute Gasteiger partial charge is 0.359 e. The van der Waals surface area contributed by atoms with Crippen molar-refractivity contribution in [2.75, 3.05) is 5.32 Å². The van der Waals surface area contributed by atoms with Crippen LogP contribution in [0.5, 0.6) is 0 Å². The first-order valence-electron chi connectivity index (χ1n) is 7.06. The molecule has 0 unspecified atom stereocenters. The van der Waals surface area contributed by atoms with Crippen LogP contribution < -0.4 is 10.6 Å². The summed E-state index contributed by atoms with van der Waals surface area (Å²) in [4.78, 5) is 16.2. The van der Waals surface area contributed by atoms with Gasteiger partial charge in [0.2, 0.25) is 0 Å². The van der Waals surface area contributed by atoms with E-state index in [9.17, 15) is 4.79 Å². The zero-order valence-electron chi connectivity index (χ0n) is 12.1. The van der Waals surface area contributed by atoms with Gasteiger partial charge in [0, 0.05) is 24.4 Å². The van der Waals surface area contributed by atoms with Crippen LogP contribution in [-0.4, -0.2) is 16.2 Å². The van der Waals surface area contributed by atoms with Gasteiger partial charge in [0.1, 0.15) is 11.4 Å². The van der Waals surface area contributed by atoms with E-state index in [1.54, 1.807) is 6.20 Å². The Bertz CT molecular complexity index is 661. The van der Waals surface area contributed by atoms with Gasteiger partial charge in [0.05, 0.1) is 0 Å². The Labute approximate surface area is 122 Å². The van der Waals surface area contributed by atoms with E-state index in [1.807, 2.05) is 26.0 Å². The molecular weight excluding hydrogens is 268 g/mol. The van der Waals surface area contributed by atoms with Crippen LogP contribution in [0.15, 0.2) is 22.9 Å². The first-order valence-corrected chi connectivity index (χ1v) is 7.06. The van der Waals surface area contributed by atoms with E-state index < -0.39 is 0 Å². The highest BCUT2D eigenvalue weighted by atomic mass is 16.5. The fraction of sp³-hybridized carbons (Fsp3) is 0.400. The summed E-state index contributed by atoms with van der Waals surface area (Å²) in [5, 5.41) is 9.61. The molecule has 0 bridgehead atoms. The summed E-state index contributed by atoms with van der Waals surface area (Å²) < 4.78 is 5.30. The van der Waals surface area contributed by atoms with Gasteiger partial charge in [0.15, 0.2) is 5.76 Å². The van der Waals surface area contributed by atoms with Crippen LogP contribution in [0, 0.1) is 13.8 Å². The van der Waals surface area contributed by atoms with E-state index in [0.29, 0.717) is 23.8 Å². The molecular formula is C15H18N4O2. The number of anilines is 1. The summed E-state index contributed by atoms with van der Waals surface area (Å²) in [6.45, 7) is 4.19. The molecule has 2 N–H and O–H groups in total. The lowest BCUT2D eigenvalue weighted by Gasteiger charge is -2.09. The molecule has 0 atom stereocenters. The Morgan fingerprint density at radius 1 is 1.38 bits per heavy atom. The average Bonchev–Trinajstić information content (AvgIpc) is 3.25. The minimum atomic E-state index is -0.258. The van der Waals surface area contributed by atoms with Gasteiger partial charge >= 0.3 is 6.03 Å². The maximum atomic E-state index is 12.0. The fourth-order valence-corrected chi connectivity index (χ4v) is 2.20. The molecule has 0 saturated heterocycles. The van der Waals surface area contributed by atoms with Gasteiger partial charge in [-0.3, -0.25) is 4.98 Å². The SMILES string of the molecule is Cc1ncccc1CNC(=O)Nc1c(C)noc1C1CC1. The molecule has 1 aliphatic rings. The van der Waals surface area contributed by atoms with Gasteiger partial charge in [-0.1, -0.05) is 11.2 Å². The lowest BCUT2D eigenvalue weighted by Crippen LogP contribution is -2.29. The molecule has 6 nitrogen and oxygen atoms in total. The quantitative estimate of drug-likeness (QED) is 0.905. The highest BCUT2D eigenvalue weighted by molar-refractivity contribution is 5.90. The van der Waals surface area contributed by atoms with Crippen molar-refractivity contribution in [1.82, 2.24) is 15.5 Å². The maximum Gasteiger partial charge on any atom is 0.319 e. The molecule has 2 heterocycles. The number of carbonyl (C=O) groups excluding carboxylic acids is 1. The van der Waals surface area contributed by atoms with Gasteiger partial charge < -0.3 is 15.2 Å². The smallest absolute Gasteiger partial charge is 0.319 e. The second-order valence-electron chi connectivity index (χ2n) is 5.34. The molecule has 1 saturated carbocycles. The molecule has 2 amide bonds. The van der Waals surface area contributed by atoms with E-state index in [2.05, 4.69) is 20.8 Å². The van der Waals surface area contributed by atoms with Crippen molar-refractivity contribution < 1.29 is 9.32 Å². The fourth-order valence-electron chi connectivity index (χ4n) is 2.20. The van der Waals surface area contributed by atoms with Crippen LogP contribution in [-0.2, 0) is 6.54 Å². The highest BCUT2D eigenvalue weighted by Crippen LogP contribution is 2.44. The molecule has 0 aromatic carbocycles. The second-order valence-corrected chi connectivity index (χ2v) is 5.34. The minimum Gasteiger partial charge on any atom is -0.359 e. The van der Waals surface area contributed by atoms with Crippen LogP contribution in [0.3, 0.4) is 0 Å². The Kier molecular flexibility index (Phi) is 3.60. The number of carbonyl (C=O) groups is 1. The van der Waals surface area contributed by atoms with Crippen molar-refractivity contribution in [2.24, 2.45) is 0 Å². The molecule has 2 aromatic rings. The van der Waals surface area contributed by atoms with Crippen molar-refractivity contribution in [1.29, 1.82) is 0 Å². The Morgan fingerprint density at radius 2 is 2.19 bits per heavy atom. The summed E-state index contributed by atoms with van der Waals surface area (Å²) in [5.41, 5.74) is 3.33. The van der Waals surface area contributed by atoms with Crippen LogP contribution >= 0.6 is 0 Å². The van der Waals surface area contributed by atoms with E-state index in [-0.39, 0.29) is 6.03 Å². The first kappa shape index (κ1) is 13.6. The highest BCUT2D eigenvalue weighted by Gasteiger charge is 2.32. The standard InChI is InChI=1S/C15H18N4O2/c1-9-12(4-3-7-16-9)8-17-15(20)18-13-10(2)19-21-14(13)11-5-6-11/h3-4,7,11H,5-6,8H2,1-2H3,(H2,17,18,20). The molecule has 6 heteroatoms. The molecule has 0 aliphatic heterocycles. The predicted octanol–water partition coefficient (Wildman–Crippen LogP) is 2.89. The monoisotopic (exact) mass is 286 g/mol. The molecule has 110 valence electrons. The minimum absolute atomic E-state index is 0.258. The van der Waals surface area contributed by atoms with Crippen molar-refractivity contribution in [3.63, 3.8) is 0 Å². The third kappa shape index (κ3) is 3.04. The average molecular weight is 286 g/mol. The van der Waals surface area contributed by atoms with Gasteiger partial charge in [-0.15, -0.1) is 0 Å². The summed E-state index contributed by atoms with van der Waals surface area (Å²) >= 11 is 0. The molecule has 3 rings (SSSR count). The molecule has 1 aliphatic carbocycles. The number of nitrogens with one attached hydrogen (secondary N) is 2. The number of pyridine rings is 1. The van der Waals surface area contributed by atoms with Crippen molar-refractivity contribution in [3.8, 4) is 0 Å². The van der Waals surface area contributed by atoms with E-state index in [1.165, 1.54) is 0 Å². The maximum absolute atomic E-state index is 12.0.